The molecule has 1 fully saturated rings. The van der Waals surface area contributed by atoms with Crippen molar-refractivity contribution < 1.29 is 35.9 Å². The maximum atomic E-state index is 13.0. The summed E-state index contributed by atoms with van der Waals surface area (Å²) in [5.74, 6) is -0.121. The van der Waals surface area contributed by atoms with Crippen LogP contribution in [0.5, 0.6) is 0 Å². The summed E-state index contributed by atoms with van der Waals surface area (Å²) in [5, 5.41) is 5.45. The van der Waals surface area contributed by atoms with Gasteiger partial charge < -0.3 is 14.5 Å². The van der Waals surface area contributed by atoms with Crippen molar-refractivity contribution in [2.24, 2.45) is 0 Å². The van der Waals surface area contributed by atoms with Crippen LogP contribution in [0.2, 0.25) is 0 Å². The molecule has 192 valence electrons. The molecule has 0 aliphatic carbocycles. The molecule has 2 aromatic rings. The Morgan fingerprint density at radius 1 is 1.09 bits per heavy atom. The molecule has 3 heterocycles. The summed E-state index contributed by atoms with van der Waals surface area (Å²) in [6, 6.07) is 0.636. The number of ether oxygens (including phenoxy) is 1. The molecule has 35 heavy (non-hydrogen) atoms. The number of hydrogen-bond acceptors (Lipinski definition) is 7. The van der Waals surface area contributed by atoms with Crippen molar-refractivity contribution >= 4 is 11.9 Å². The molecule has 0 bridgehead atoms. The van der Waals surface area contributed by atoms with Gasteiger partial charge in [-0.3, -0.25) is 9.59 Å². The van der Waals surface area contributed by atoms with Gasteiger partial charge in [0, 0.05) is 38.6 Å². The molecule has 1 amide bonds. The van der Waals surface area contributed by atoms with Gasteiger partial charge in [-0.1, -0.05) is 6.92 Å². The third-order valence-electron chi connectivity index (χ3n) is 5.35. The highest BCUT2D eigenvalue weighted by atomic mass is 19.4. The lowest BCUT2D eigenvalue weighted by atomic mass is 10.1. The van der Waals surface area contributed by atoms with E-state index in [2.05, 4.69) is 15.1 Å². The van der Waals surface area contributed by atoms with E-state index in [9.17, 15) is 35.9 Å². The number of hydrogen-bond donors (Lipinski definition) is 1. The molecule has 0 spiro atoms. The van der Waals surface area contributed by atoms with Gasteiger partial charge in [-0.15, -0.1) is 0 Å². The number of rotatable bonds is 7. The van der Waals surface area contributed by atoms with Crippen molar-refractivity contribution in [2.75, 3.05) is 37.7 Å². The van der Waals surface area contributed by atoms with E-state index in [1.807, 2.05) is 5.10 Å². The monoisotopic (exact) mass is 508 g/mol. The lowest BCUT2D eigenvalue weighted by Gasteiger charge is -2.34. The molecule has 1 unspecified atom stereocenters. The fourth-order valence-corrected chi connectivity index (χ4v) is 3.44. The van der Waals surface area contributed by atoms with Crippen molar-refractivity contribution in [1.82, 2.24) is 25.1 Å². The van der Waals surface area contributed by atoms with E-state index in [1.54, 1.807) is 16.7 Å². The van der Waals surface area contributed by atoms with Crippen molar-refractivity contribution in [3.8, 4) is 0 Å². The zero-order valence-corrected chi connectivity index (χ0v) is 18.5. The lowest BCUT2D eigenvalue weighted by molar-refractivity contribution is -0.139. The fraction of sp³-hybridized carbons (Fsp3) is 0.550. The van der Waals surface area contributed by atoms with Crippen LogP contribution in [0.15, 0.2) is 23.3 Å². The zero-order chi connectivity index (χ0) is 25.8. The molecule has 1 saturated heterocycles. The standard InChI is InChI=1S/C20H22F6N6O3/c1-2-15(14-9-13(20(24,25)26)17(34)30-29-14)35-8-3-16(33)31-4-6-32(7-5-31)18-27-10-12(11-28-18)19(21,22)23/h9-11,15H,2-8H2,1H3,(H,30,34). The first-order valence-corrected chi connectivity index (χ1v) is 10.6. The summed E-state index contributed by atoms with van der Waals surface area (Å²) in [6.07, 6.45) is -8.59. The fourth-order valence-electron chi connectivity index (χ4n) is 3.44. The van der Waals surface area contributed by atoms with Gasteiger partial charge in [0.05, 0.1) is 24.3 Å². The largest absolute Gasteiger partial charge is 0.421 e. The Kier molecular flexibility index (Phi) is 7.97. The highest BCUT2D eigenvalue weighted by molar-refractivity contribution is 5.76. The highest BCUT2D eigenvalue weighted by Crippen LogP contribution is 2.29. The Bertz CT molecular complexity index is 1060. The summed E-state index contributed by atoms with van der Waals surface area (Å²) < 4.78 is 82.4. The van der Waals surface area contributed by atoms with E-state index in [0.29, 0.717) is 31.5 Å². The van der Waals surface area contributed by atoms with Gasteiger partial charge >= 0.3 is 12.4 Å². The second-order valence-corrected chi connectivity index (χ2v) is 7.69. The van der Waals surface area contributed by atoms with Gasteiger partial charge in [-0.2, -0.15) is 31.4 Å². The van der Waals surface area contributed by atoms with Crippen LogP contribution in [-0.4, -0.2) is 63.8 Å². The minimum absolute atomic E-state index is 0.0389. The van der Waals surface area contributed by atoms with Crippen LogP contribution in [0.4, 0.5) is 32.3 Å². The predicted molar refractivity (Wildman–Crippen MR) is 109 cm³/mol. The Labute approximate surface area is 195 Å². The number of piperazine rings is 1. The van der Waals surface area contributed by atoms with E-state index in [-0.39, 0.29) is 50.1 Å². The third-order valence-corrected chi connectivity index (χ3v) is 5.35. The molecule has 15 heteroatoms. The molecule has 1 aliphatic heterocycles. The second-order valence-electron chi connectivity index (χ2n) is 7.69. The first-order valence-electron chi connectivity index (χ1n) is 10.6. The number of anilines is 1. The van der Waals surface area contributed by atoms with Gasteiger partial charge in [0.2, 0.25) is 11.9 Å². The Morgan fingerprint density at radius 3 is 2.26 bits per heavy atom. The number of aromatic amines is 1. The SMILES string of the molecule is CCC(OCCC(=O)N1CCN(c2ncc(C(F)(F)F)cn2)CC1)c1cc(C(F)(F)F)c(=O)[nH]n1. The van der Waals surface area contributed by atoms with E-state index >= 15 is 0 Å². The van der Waals surface area contributed by atoms with Crippen LogP contribution >= 0.6 is 0 Å². The molecule has 0 saturated carbocycles. The van der Waals surface area contributed by atoms with Gasteiger partial charge in [0.25, 0.3) is 5.56 Å². The number of nitrogens with one attached hydrogen (secondary N) is 1. The molecule has 1 aliphatic rings. The maximum Gasteiger partial charge on any atom is 0.421 e. The molecule has 3 rings (SSSR count). The van der Waals surface area contributed by atoms with Crippen LogP contribution in [-0.2, 0) is 21.9 Å². The van der Waals surface area contributed by atoms with Crippen LogP contribution < -0.4 is 10.5 Å². The first-order chi connectivity index (χ1) is 16.4. The number of halogens is 6. The highest BCUT2D eigenvalue weighted by Gasteiger charge is 2.35. The van der Waals surface area contributed by atoms with Crippen molar-refractivity contribution in [2.45, 2.75) is 38.2 Å². The number of alkyl halides is 6. The number of nitrogens with zero attached hydrogens (tertiary/aromatic N) is 5. The third kappa shape index (κ3) is 6.68. The minimum atomic E-state index is -4.84. The van der Waals surface area contributed by atoms with E-state index in [0.717, 1.165) is 0 Å². The minimum Gasteiger partial charge on any atom is -0.371 e. The smallest absolute Gasteiger partial charge is 0.371 e. The number of H-pyrrole nitrogens is 1. The summed E-state index contributed by atoms with van der Waals surface area (Å²) in [5.41, 5.74) is -3.79. The normalized spacial score (nSPS) is 15.9. The molecule has 1 atom stereocenters. The summed E-state index contributed by atoms with van der Waals surface area (Å²) in [7, 11) is 0. The molecule has 2 aromatic heterocycles. The summed E-state index contributed by atoms with van der Waals surface area (Å²) >= 11 is 0. The number of carbonyl (C=O) groups is 1. The molecular weight excluding hydrogens is 486 g/mol. The Hall–Kier alpha value is -3.23. The van der Waals surface area contributed by atoms with Gasteiger partial charge in [0.1, 0.15) is 11.7 Å². The van der Waals surface area contributed by atoms with Crippen molar-refractivity contribution in [1.29, 1.82) is 0 Å². The number of amides is 1. The Morgan fingerprint density at radius 2 is 1.71 bits per heavy atom. The van der Waals surface area contributed by atoms with Gasteiger partial charge in [-0.25, -0.2) is 15.1 Å². The molecule has 9 nitrogen and oxygen atoms in total. The van der Waals surface area contributed by atoms with Crippen LogP contribution in [0, 0.1) is 0 Å². The zero-order valence-electron chi connectivity index (χ0n) is 18.5. The van der Waals surface area contributed by atoms with Crippen LogP contribution in [0.25, 0.3) is 0 Å². The molecule has 1 N–H and O–H groups in total. The maximum absolute atomic E-state index is 13.0. The Balaban J connectivity index is 1.49. The second kappa shape index (κ2) is 10.6. The molecule has 0 radical (unpaired) electrons. The topological polar surface area (TPSA) is 104 Å². The van der Waals surface area contributed by atoms with E-state index < -0.39 is 35.1 Å². The first kappa shape index (κ1) is 26.4. The predicted octanol–water partition coefficient (Wildman–Crippen LogP) is 2.80. The lowest BCUT2D eigenvalue weighted by Crippen LogP contribution is -2.49. The van der Waals surface area contributed by atoms with E-state index in [1.165, 1.54) is 0 Å². The van der Waals surface area contributed by atoms with Crippen molar-refractivity contribution in [3.63, 3.8) is 0 Å². The average Bonchev–Trinajstić information content (AvgIpc) is 2.81. The quantitative estimate of drug-likeness (QED) is 0.574. The van der Waals surface area contributed by atoms with Crippen LogP contribution in [0.1, 0.15) is 42.7 Å². The van der Waals surface area contributed by atoms with Crippen LogP contribution in [0.3, 0.4) is 0 Å². The van der Waals surface area contributed by atoms with E-state index in [4.69, 9.17) is 4.74 Å². The summed E-state index contributed by atoms with van der Waals surface area (Å²) in [6.45, 7) is 2.79. The molecular formula is C20H22F6N6O3. The van der Waals surface area contributed by atoms with Gasteiger partial charge in [-0.05, 0) is 12.5 Å². The summed E-state index contributed by atoms with van der Waals surface area (Å²) in [4.78, 5) is 34.6. The number of carbonyl (C=O) groups excluding carboxylic acids is 1. The average molecular weight is 508 g/mol. The van der Waals surface area contributed by atoms with Crippen molar-refractivity contribution in [3.05, 3.63) is 45.6 Å². The molecule has 0 aromatic carbocycles. The van der Waals surface area contributed by atoms with Gasteiger partial charge in [0.15, 0.2) is 0 Å². The number of aromatic nitrogens is 4.